The number of nitrogens with one attached hydrogen (secondary N) is 2. The molecule has 0 radical (unpaired) electrons. The minimum absolute atomic E-state index is 0.0697. The van der Waals surface area contributed by atoms with E-state index in [4.69, 9.17) is 4.74 Å². The van der Waals surface area contributed by atoms with Crippen LogP contribution in [0, 0.1) is 5.41 Å². The lowest BCUT2D eigenvalue weighted by molar-refractivity contribution is -0.123. The van der Waals surface area contributed by atoms with Crippen LogP contribution in [0.2, 0.25) is 0 Å². The van der Waals surface area contributed by atoms with Crippen molar-refractivity contribution >= 4 is 11.6 Å². The van der Waals surface area contributed by atoms with Crippen LogP contribution in [0.25, 0.3) is 5.70 Å². The highest BCUT2D eigenvalue weighted by molar-refractivity contribution is 5.78. The Morgan fingerprint density at radius 1 is 0.933 bits per heavy atom. The van der Waals surface area contributed by atoms with E-state index in [-0.39, 0.29) is 23.3 Å². The van der Waals surface area contributed by atoms with Gasteiger partial charge < -0.3 is 4.74 Å². The molecule has 4 nitrogen and oxygen atoms in total. The third-order valence-electron chi connectivity index (χ3n) is 5.04. The van der Waals surface area contributed by atoms with Gasteiger partial charge in [0.1, 0.15) is 5.75 Å². The third-order valence-corrected chi connectivity index (χ3v) is 5.04. The highest BCUT2D eigenvalue weighted by atomic mass is 16.5. The zero-order valence-corrected chi connectivity index (χ0v) is 19.3. The van der Waals surface area contributed by atoms with Crippen LogP contribution in [0.15, 0.2) is 55.1 Å². The number of hydrazine groups is 1. The smallest absolute Gasteiger partial charge is 0.276 e. The Morgan fingerprint density at radius 2 is 1.53 bits per heavy atom. The lowest BCUT2D eigenvalue weighted by Crippen LogP contribution is -2.38. The third kappa shape index (κ3) is 7.25. The van der Waals surface area contributed by atoms with E-state index in [1.54, 1.807) is 0 Å². The molecule has 0 heterocycles. The molecule has 0 aliphatic carbocycles. The molecule has 1 amide bonds. The summed E-state index contributed by atoms with van der Waals surface area (Å²) in [4.78, 5) is 12.1. The summed E-state index contributed by atoms with van der Waals surface area (Å²) in [5.41, 5.74) is 9.90. The lowest BCUT2D eigenvalue weighted by atomic mass is 9.72. The topological polar surface area (TPSA) is 50.4 Å². The zero-order valence-electron chi connectivity index (χ0n) is 19.3. The number of hydrogen-bond acceptors (Lipinski definition) is 3. The zero-order chi connectivity index (χ0) is 22.4. The van der Waals surface area contributed by atoms with E-state index < -0.39 is 0 Å². The van der Waals surface area contributed by atoms with Crippen molar-refractivity contribution in [2.45, 2.75) is 59.8 Å². The van der Waals surface area contributed by atoms with E-state index in [2.05, 4.69) is 83.2 Å². The molecule has 0 aliphatic heterocycles. The van der Waals surface area contributed by atoms with Crippen LogP contribution in [-0.4, -0.2) is 12.5 Å². The molecule has 4 heteroatoms. The molecular weight excluding hydrogens is 372 g/mol. The van der Waals surface area contributed by atoms with Crippen molar-refractivity contribution in [2.75, 3.05) is 6.61 Å². The van der Waals surface area contributed by atoms with Gasteiger partial charge in [-0.05, 0) is 52.5 Å². The average molecular weight is 409 g/mol. The van der Waals surface area contributed by atoms with Crippen LogP contribution in [0.1, 0.15) is 64.7 Å². The molecule has 0 unspecified atom stereocenters. The van der Waals surface area contributed by atoms with E-state index in [9.17, 15) is 4.79 Å². The van der Waals surface area contributed by atoms with E-state index >= 15 is 0 Å². The molecule has 0 aliphatic rings. The van der Waals surface area contributed by atoms with Crippen molar-refractivity contribution in [3.05, 3.63) is 71.8 Å². The predicted octanol–water partition coefficient (Wildman–Crippen LogP) is 5.63. The van der Waals surface area contributed by atoms with Crippen LogP contribution in [0.5, 0.6) is 5.75 Å². The fourth-order valence-corrected chi connectivity index (χ4v) is 3.77. The molecule has 30 heavy (non-hydrogen) atoms. The van der Waals surface area contributed by atoms with Gasteiger partial charge in [-0.1, -0.05) is 84.5 Å². The molecular formula is C26H36N2O2. The minimum Gasteiger partial charge on any atom is -0.484 e. The van der Waals surface area contributed by atoms with Gasteiger partial charge in [-0.3, -0.25) is 15.6 Å². The van der Waals surface area contributed by atoms with Gasteiger partial charge in [0.05, 0.1) is 5.70 Å². The second-order valence-corrected chi connectivity index (χ2v) is 9.64. The maximum absolute atomic E-state index is 12.1. The van der Waals surface area contributed by atoms with Gasteiger partial charge in [-0.15, -0.1) is 0 Å². The number of carbonyl (C=O) groups is 1. The normalized spacial score (nSPS) is 11.7. The molecule has 0 saturated heterocycles. The van der Waals surface area contributed by atoms with Gasteiger partial charge >= 0.3 is 0 Å². The van der Waals surface area contributed by atoms with Gasteiger partial charge in [0.15, 0.2) is 6.61 Å². The Labute approximate surface area is 181 Å². The van der Waals surface area contributed by atoms with Crippen molar-refractivity contribution in [3.8, 4) is 5.75 Å². The summed E-state index contributed by atoms with van der Waals surface area (Å²) in [7, 11) is 0. The van der Waals surface area contributed by atoms with Gasteiger partial charge in [0, 0.05) is 0 Å². The van der Waals surface area contributed by atoms with Gasteiger partial charge in [-0.25, -0.2) is 0 Å². The molecule has 162 valence electrons. The van der Waals surface area contributed by atoms with Crippen LogP contribution >= 0.6 is 0 Å². The van der Waals surface area contributed by atoms with Crippen LogP contribution in [-0.2, 0) is 16.6 Å². The second-order valence-electron chi connectivity index (χ2n) is 9.64. The molecule has 0 aromatic heterocycles. The van der Waals surface area contributed by atoms with Gasteiger partial charge in [0.25, 0.3) is 5.91 Å². The predicted molar refractivity (Wildman–Crippen MR) is 125 cm³/mol. The number of hydrogen-bond donors (Lipinski definition) is 2. The SMILES string of the molecule is C=C(NNC(=O)COc1ccc(C(C)(C)CC(C)(C)C)cc1)c1ccc(CC)cc1. The molecule has 0 bridgehead atoms. The Kier molecular flexibility index (Phi) is 7.71. The second kappa shape index (κ2) is 9.84. The van der Waals surface area contributed by atoms with Gasteiger partial charge in [-0.2, -0.15) is 0 Å². The van der Waals surface area contributed by atoms with Crippen molar-refractivity contribution in [1.82, 2.24) is 10.9 Å². The van der Waals surface area contributed by atoms with E-state index in [0.29, 0.717) is 11.4 Å². The molecule has 0 spiro atoms. The fourth-order valence-electron chi connectivity index (χ4n) is 3.77. The monoisotopic (exact) mass is 408 g/mol. The average Bonchev–Trinajstić information content (AvgIpc) is 2.69. The molecule has 0 atom stereocenters. The van der Waals surface area contributed by atoms with Crippen molar-refractivity contribution in [1.29, 1.82) is 0 Å². The Balaban J connectivity index is 1.82. The first-order valence-electron chi connectivity index (χ1n) is 10.6. The number of benzene rings is 2. The highest BCUT2D eigenvalue weighted by Crippen LogP contribution is 2.36. The maximum Gasteiger partial charge on any atom is 0.276 e. The fraction of sp³-hybridized carbons (Fsp3) is 0.423. The van der Waals surface area contributed by atoms with E-state index in [1.165, 1.54) is 11.1 Å². The number of carbonyl (C=O) groups excluding carboxylic acids is 1. The number of rotatable bonds is 9. The lowest BCUT2D eigenvalue weighted by Gasteiger charge is -2.33. The quantitative estimate of drug-likeness (QED) is 0.529. The Bertz CT molecular complexity index is 844. The summed E-state index contributed by atoms with van der Waals surface area (Å²) in [5, 5.41) is 0. The molecule has 2 aromatic carbocycles. The summed E-state index contributed by atoms with van der Waals surface area (Å²) < 4.78 is 5.62. The highest BCUT2D eigenvalue weighted by Gasteiger charge is 2.27. The molecule has 2 aromatic rings. The Morgan fingerprint density at radius 3 is 2.07 bits per heavy atom. The Hall–Kier alpha value is -2.75. The van der Waals surface area contributed by atoms with Crippen molar-refractivity contribution in [2.24, 2.45) is 5.41 Å². The molecule has 2 rings (SSSR count). The molecule has 0 saturated carbocycles. The molecule has 2 N–H and O–H groups in total. The number of aryl methyl sites for hydroxylation is 1. The summed E-state index contributed by atoms with van der Waals surface area (Å²) in [6, 6.07) is 16.1. The van der Waals surface area contributed by atoms with Crippen LogP contribution < -0.4 is 15.6 Å². The summed E-state index contributed by atoms with van der Waals surface area (Å²) >= 11 is 0. The standard InChI is InChI=1S/C26H36N2O2/c1-8-20-9-11-21(12-10-20)19(2)27-28-24(29)17-30-23-15-13-22(14-16-23)26(6,7)18-25(3,4)5/h9-16,27H,2,8,17-18H2,1,3-7H3,(H,28,29). The number of ether oxygens (including phenoxy) is 1. The summed E-state index contributed by atoms with van der Waals surface area (Å²) in [6.07, 6.45) is 2.07. The summed E-state index contributed by atoms with van der Waals surface area (Å²) in [5.74, 6) is 0.410. The maximum atomic E-state index is 12.1. The van der Waals surface area contributed by atoms with E-state index in [1.807, 2.05) is 24.3 Å². The van der Waals surface area contributed by atoms with Crippen molar-refractivity contribution in [3.63, 3.8) is 0 Å². The first-order chi connectivity index (χ1) is 14.0. The summed E-state index contributed by atoms with van der Waals surface area (Å²) in [6.45, 7) is 17.3. The van der Waals surface area contributed by atoms with Crippen molar-refractivity contribution < 1.29 is 9.53 Å². The molecule has 0 fully saturated rings. The van der Waals surface area contributed by atoms with Crippen LogP contribution in [0.3, 0.4) is 0 Å². The first kappa shape index (κ1) is 23.5. The van der Waals surface area contributed by atoms with Gasteiger partial charge in [0.2, 0.25) is 0 Å². The van der Waals surface area contributed by atoms with Crippen LogP contribution in [0.4, 0.5) is 0 Å². The largest absolute Gasteiger partial charge is 0.484 e. The minimum atomic E-state index is -0.265. The first-order valence-corrected chi connectivity index (χ1v) is 10.6. The number of amides is 1. The van der Waals surface area contributed by atoms with E-state index in [0.717, 1.165) is 18.4 Å².